The van der Waals surface area contributed by atoms with Crippen LogP contribution in [0.3, 0.4) is 0 Å². The second kappa shape index (κ2) is 3.68. The van der Waals surface area contributed by atoms with Gasteiger partial charge in [0.25, 0.3) is 0 Å². The van der Waals surface area contributed by atoms with E-state index in [-0.39, 0.29) is 9.28 Å². The standard InChI is InChI=1S/ClH5OSi2/c1-2-4-3/h4H2,3H3. The van der Waals surface area contributed by atoms with Crippen LogP contribution in [0.5, 0.6) is 0 Å². The molecule has 0 N–H and O–H groups in total. The summed E-state index contributed by atoms with van der Waals surface area (Å²) in [6.45, 7) is 0. The molecule has 0 aliphatic carbocycles. The van der Waals surface area contributed by atoms with Crippen LogP contribution in [0.1, 0.15) is 0 Å². The summed E-state index contributed by atoms with van der Waals surface area (Å²) in [5, 5.41) is 0. The van der Waals surface area contributed by atoms with E-state index >= 15 is 0 Å². The summed E-state index contributed by atoms with van der Waals surface area (Å²) in [6, 6.07) is 0. The Hall–Kier alpha value is 0.684. The van der Waals surface area contributed by atoms with Crippen LogP contribution in [0, 0.1) is 0 Å². The van der Waals surface area contributed by atoms with Crippen molar-refractivity contribution in [3.05, 3.63) is 0 Å². The Bertz CT molecular complexity index is 8.00. The third kappa shape index (κ3) is 2.68. The minimum Gasteiger partial charge on any atom is -0.337 e. The van der Waals surface area contributed by atoms with Crippen molar-refractivity contribution in [2.24, 2.45) is 0 Å². The SMILES string of the molecule is [SiH3][SiH2]OCl. The summed E-state index contributed by atoms with van der Waals surface area (Å²) >= 11 is 4.78. The van der Waals surface area contributed by atoms with Crippen LogP contribution in [0.15, 0.2) is 0 Å². The van der Waals surface area contributed by atoms with E-state index in [4.69, 9.17) is 11.9 Å². The fraction of sp³-hybridized carbons (Fsp3) is 0. The molecule has 0 atom stereocenters. The van der Waals surface area contributed by atoms with Crippen LogP contribution in [-0.2, 0) is 3.98 Å². The molecule has 0 aromatic carbocycles. The summed E-state index contributed by atoms with van der Waals surface area (Å²) in [6.07, 6.45) is 0. The van der Waals surface area contributed by atoms with Crippen LogP contribution in [-0.4, -0.2) is 19.0 Å². The van der Waals surface area contributed by atoms with Gasteiger partial charge in [-0.1, -0.05) is 0 Å². The molecule has 0 aromatic rings. The molecule has 0 aromatic heterocycles. The molecule has 1 nitrogen and oxygen atoms in total. The molecule has 0 rings (SSSR count). The molecule has 0 saturated heterocycles. The maximum absolute atomic E-state index is 4.78. The minimum atomic E-state index is -0.171. The van der Waals surface area contributed by atoms with Crippen molar-refractivity contribution in [2.75, 3.05) is 0 Å². The van der Waals surface area contributed by atoms with Crippen LogP contribution in [0.25, 0.3) is 0 Å². The first kappa shape index (κ1) is 4.68. The van der Waals surface area contributed by atoms with E-state index in [2.05, 4.69) is 3.98 Å². The third-order valence-corrected chi connectivity index (χ3v) is 2.95. The lowest BCUT2D eigenvalue weighted by Crippen LogP contribution is -1.82. The van der Waals surface area contributed by atoms with Gasteiger partial charge in [0.05, 0.1) is 0 Å². The van der Waals surface area contributed by atoms with Crippen molar-refractivity contribution in [3.8, 4) is 0 Å². The highest BCUT2D eigenvalue weighted by Crippen LogP contribution is 1.64. The minimum absolute atomic E-state index is 0.171. The van der Waals surface area contributed by atoms with Gasteiger partial charge >= 0.3 is 0 Å². The van der Waals surface area contributed by atoms with E-state index in [9.17, 15) is 0 Å². The third-order valence-electron chi connectivity index (χ3n) is 0.109. The number of hydrogen-bond donors (Lipinski definition) is 0. The summed E-state index contributed by atoms with van der Waals surface area (Å²) in [4.78, 5) is 0. The van der Waals surface area contributed by atoms with Crippen LogP contribution in [0.4, 0.5) is 0 Å². The van der Waals surface area contributed by atoms with E-state index < -0.39 is 0 Å². The zero-order valence-corrected chi connectivity index (χ0v) is 6.66. The molecule has 0 unspecified atom stereocenters. The predicted octanol–water partition coefficient (Wildman–Crippen LogP) is -1.48. The van der Waals surface area contributed by atoms with Gasteiger partial charge in [-0.15, -0.1) is 0 Å². The van der Waals surface area contributed by atoms with Crippen molar-refractivity contribution in [1.29, 1.82) is 0 Å². The zero-order chi connectivity index (χ0) is 3.41. The van der Waals surface area contributed by atoms with E-state index in [0.717, 1.165) is 0 Å². The fourth-order valence-electron chi connectivity index (χ4n) is 0. The van der Waals surface area contributed by atoms with E-state index in [1.54, 1.807) is 0 Å². The molecule has 0 aliphatic heterocycles. The monoisotopic (exact) mass is 112 g/mol. The van der Waals surface area contributed by atoms with Crippen molar-refractivity contribution in [1.82, 2.24) is 0 Å². The first-order chi connectivity index (χ1) is 1.91. The maximum Gasteiger partial charge on any atom is 0.167 e. The zero-order valence-electron chi connectivity index (χ0n) is 2.49. The molecular weight excluding hydrogens is 108 g/mol. The van der Waals surface area contributed by atoms with E-state index in [1.165, 1.54) is 9.76 Å². The Morgan fingerprint density at radius 2 is 2.25 bits per heavy atom. The molecule has 0 fully saturated rings. The van der Waals surface area contributed by atoms with Gasteiger partial charge in [0.2, 0.25) is 0 Å². The molecule has 0 saturated carbocycles. The quantitative estimate of drug-likeness (QED) is 0.376. The second-order valence-electron chi connectivity index (χ2n) is 0.398. The summed E-state index contributed by atoms with van der Waals surface area (Å²) in [7, 11) is 1.00. The van der Waals surface area contributed by atoms with Crippen molar-refractivity contribution in [2.45, 2.75) is 0 Å². The Kier molecular flexibility index (Phi) is 4.31. The van der Waals surface area contributed by atoms with Gasteiger partial charge in [-0.05, 0) is 0 Å². The number of rotatable bonds is 1. The van der Waals surface area contributed by atoms with Gasteiger partial charge in [-0.2, -0.15) is 0 Å². The number of hydrogen-bond acceptors (Lipinski definition) is 1. The lowest BCUT2D eigenvalue weighted by Gasteiger charge is -1.69. The lowest BCUT2D eigenvalue weighted by atomic mass is 15.9. The Balaban J connectivity index is 1.97. The molecule has 4 heteroatoms. The van der Waals surface area contributed by atoms with Crippen molar-refractivity contribution >= 4 is 30.9 Å². The highest BCUT2D eigenvalue weighted by atomic mass is 35.5. The lowest BCUT2D eigenvalue weighted by molar-refractivity contribution is 0.686. The highest BCUT2D eigenvalue weighted by Gasteiger charge is 1.59. The van der Waals surface area contributed by atoms with Crippen LogP contribution >= 0.6 is 11.9 Å². The maximum atomic E-state index is 4.78. The second-order valence-corrected chi connectivity index (χ2v) is 3.58. The molecule has 0 spiro atoms. The van der Waals surface area contributed by atoms with Crippen molar-refractivity contribution < 1.29 is 3.98 Å². The Morgan fingerprint density at radius 1 is 2.00 bits per heavy atom. The average molecular weight is 113 g/mol. The Labute approximate surface area is 35.6 Å². The van der Waals surface area contributed by atoms with Gasteiger partial charge in [0.15, 0.2) is 9.28 Å². The fourth-order valence-corrected chi connectivity index (χ4v) is 0. The van der Waals surface area contributed by atoms with Gasteiger partial charge < -0.3 is 3.98 Å². The average Bonchev–Trinajstić information content (AvgIpc) is 1.37. The van der Waals surface area contributed by atoms with Crippen LogP contribution < -0.4 is 0 Å². The molecule has 0 amide bonds. The largest absolute Gasteiger partial charge is 0.337 e. The first-order valence-corrected chi connectivity index (χ1v) is 7.69. The van der Waals surface area contributed by atoms with Gasteiger partial charge in [0.1, 0.15) is 0 Å². The summed E-state index contributed by atoms with van der Waals surface area (Å²) in [5.41, 5.74) is 0. The molecular formula is H5ClOSi2. The summed E-state index contributed by atoms with van der Waals surface area (Å²) in [5.74, 6) is 0. The summed E-state index contributed by atoms with van der Waals surface area (Å²) < 4.78 is 4.21. The molecule has 26 valence electrons. The van der Waals surface area contributed by atoms with Gasteiger partial charge in [0, 0.05) is 21.6 Å². The highest BCUT2D eigenvalue weighted by molar-refractivity contribution is 6.86. The number of halogens is 1. The van der Waals surface area contributed by atoms with E-state index in [0.29, 0.717) is 0 Å². The molecule has 0 bridgehead atoms. The Morgan fingerprint density at radius 3 is 2.25 bits per heavy atom. The molecule has 4 heavy (non-hydrogen) atoms. The smallest absolute Gasteiger partial charge is 0.167 e. The molecule has 0 heterocycles. The predicted molar refractivity (Wildman–Crippen MR) is 25.4 cm³/mol. The van der Waals surface area contributed by atoms with Gasteiger partial charge in [-0.3, -0.25) is 0 Å². The van der Waals surface area contributed by atoms with Crippen LogP contribution in [0.2, 0.25) is 0 Å². The molecule has 0 aliphatic rings. The first-order valence-electron chi connectivity index (χ1n) is 1.15. The molecule has 0 radical (unpaired) electrons. The van der Waals surface area contributed by atoms with E-state index in [1.807, 2.05) is 0 Å². The topological polar surface area (TPSA) is 9.23 Å². The van der Waals surface area contributed by atoms with Gasteiger partial charge in [-0.25, -0.2) is 0 Å². The van der Waals surface area contributed by atoms with Crippen molar-refractivity contribution in [3.63, 3.8) is 0 Å². The normalized spacial score (nSPS) is 11.2.